The first-order chi connectivity index (χ1) is 9.80. The highest BCUT2D eigenvalue weighted by molar-refractivity contribution is 7.45. The topological polar surface area (TPSA) is 118 Å². The number of rotatable bonds is 6. The van der Waals surface area contributed by atoms with Crippen molar-refractivity contribution in [1.29, 1.82) is 0 Å². The fourth-order valence-corrected chi connectivity index (χ4v) is 2.76. The zero-order valence-corrected chi connectivity index (χ0v) is 11.0. The second-order valence-corrected chi connectivity index (χ2v) is 5.65. The normalized spacial score (nSPS) is 47.7. The highest BCUT2D eigenvalue weighted by Gasteiger charge is 2.33. The van der Waals surface area contributed by atoms with Crippen molar-refractivity contribution in [3.05, 3.63) is 0 Å². The molecule has 2 aliphatic rings. The first-order valence-corrected chi connectivity index (χ1v) is 7.35. The lowest BCUT2D eigenvalue weighted by atomic mass is 10.2. The summed E-state index contributed by atoms with van der Waals surface area (Å²) >= 11 is 0. The van der Waals surface area contributed by atoms with Crippen molar-refractivity contribution >= 4 is 7.82 Å². The lowest BCUT2D eigenvalue weighted by molar-refractivity contribution is -0.233. The molecule has 8 nitrogen and oxygen atoms in total. The molecule has 2 rings (SSSR count). The smallest absolute Gasteiger partial charge is 0.268 e. The van der Waals surface area contributed by atoms with Crippen LogP contribution in [-0.2, 0) is 23.1 Å². The molecule has 0 bridgehead atoms. The Labute approximate surface area is 113 Å². The number of hydrogen-bond acceptors (Lipinski definition) is 8. The van der Waals surface area contributed by atoms with E-state index in [1.54, 1.807) is 0 Å². The Balaban J connectivity index is 1.83. The number of aliphatic hydroxyl groups excluding tert-OH is 2. The Bertz CT molecular complexity index is 399. The van der Waals surface area contributed by atoms with Gasteiger partial charge in [-0.1, -0.05) is 0 Å². The number of ether oxygens (including phenoxy) is 2. The monoisotopic (exact) mass is 301 g/mol. The predicted molar refractivity (Wildman–Crippen MR) is 60.2 cm³/mol. The molecule has 3 unspecified atom stereocenters. The molecule has 2 fully saturated rings. The summed E-state index contributed by atoms with van der Waals surface area (Å²) in [6, 6.07) is 0. The van der Waals surface area contributed by atoms with Crippen LogP contribution >= 0.6 is 7.82 Å². The number of hydrogen-bond donors (Lipinski definition) is 2. The second kappa shape index (κ2) is 6.60. The first-order valence-electron chi connectivity index (χ1n) is 7.04. The average Bonchev–Trinajstić information content (AvgIpc) is 2.88. The fourth-order valence-electron chi connectivity index (χ4n) is 1.82. The van der Waals surface area contributed by atoms with Gasteiger partial charge in [-0.25, -0.2) is 0 Å². The standard InChI is InChI=1S/C10H19O8P/c11-5-9-8(2-4-15-9)18-19(13,14)17-6-10-7(12)1-3-16-10/h7-12H,1-6H2,(H,13,14)/p-1/t7?,8?,9-,10-/m1/s1/i3T,4T/t3-,4-,7?,8?,9+,10+/m0. The first kappa shape index (κ1) is 12.7. The maximum absolute atomic E-state index is 11.7. The maximum Gasteiger partial charge on any atom is 0.268 e. The van der Waals surface area contributed by atoms with Gasteiger partial charge >= 0.3 is 0 Å². The summed E-state index contributed by atoms with van der Waals surface area (Å²) in [7, 11) is -4.69. The summed E-state index contributed by atoms with van der Waals surface area (Å²) in [6.45, 7) is -2.80. The molecule has 19 heavy (non-hydrogen) atoms. The van der Waals surface area contributed by atoms with Crippen molar-refractivity contribution in [2.45, 2.75) is 37.3 Å². The van der Waals surface area contributed by atoms with Crippen molar-refractivity contribution in [3.8, 4) is 0 Å². The minimum absolute atomic E-state index is 0.00182. The van der Waals surface area contributed by atoms with Crippen LogP contribution in [0, 0.1) is 0 Å². The van der Waals surface area contributed by atoms with Gasteiger partial charge in [-0.2, -0.15) is 0 Å². The Kier molecular flexibility index (Phi) is 4.40. The summed E-state index contributed by atoms with van der Waals surface area (Å²) in [5.41, 5.74) is 0. The van der Waals surface area contributed by atoms with Gasteiger partial charge in [0.1, 0.15) is 12.2 Å². The molecule has 2 heterocycles. The van der Waals surface area contributed by atoms with E-state index in [0.29, 0.717) is 0 Å². The van der Waals surface area contributed by atoms with E-state index in [1.165, 1.54) is 0 Å². The van der Waals surface area contributed by atoms with Crippen molar-refractivity contribution in [1.82, 2.24) is 0 Å². The molecule has 0 aromatic heterocycles. The third-order valence-electron chi connectivity index (χ3n) is 2.89. The van der Waals surface area contributed by atoms with Crippen LogP contribution in [0.3, 0.4) is 0 Å². The maximum atomic E-state index is 11.7. The quantitative estimate of drug-likeness (QED) is 0.587. The van der Waals surface area contributed by atoms with Crippen LogP contribution in [-0.4, -0.2) is 61.0 Å². The van der Waals surface area contributed by atoms with Gasteiger partial charge < -0.3 is 33.6 Å². The van der Waals surface area contributed by atoms with Crippen molar-refractivity contribution in [3.63, 3.8) is 0 Å². The zero-order valence-electron chi connectivity index (χ0n) is 12.1. The minimum atomic E-state index is -4.69. The third-order valence-corrected chi connectivity index (χ3v) is 3.89. The van der Waals surface area contributed by atoms with E-state index in [0.717, 1.165) is 0 Å². The molecule has 7 atom stereocenters. The molecule has 0 aliphatic carbocycles. The SMILES string of the molecule is [3H][C@H]1CC(O)[C@@H](COP(=O)([O-])OC2C[C@H]([3H])O[C@@H]2CO)O1. The Hall–Kier alpha value is -0.0500. The molecule has 9 heteroatoms. The van der Waals surface area contributed by atoms with Crippen LogP contribution in [0.1, 0.15) is 15.6 Å². The van der Waals surface area contributed by atoms with Gasteiger partial charge in [0.2, 0.25) is 0 Å². The highest BCUT2D eigenvalue weighted by Crippen LogP contribution is 2.42. The summed E-state index contributed by atoms with van der Waals surface area (Å²) in [4.78, 5) is 11.7. The minimum Gasteiger partial charge on any atom is -0.756 e. The third kappa shape index (κ3) is 4.21. The summed E-state index contributed by atoms with van der Waals surface area (Å²) in [5.74, 6) is 0. The summed E-state index contributed by atoms with van der Waals surface area (Å²) in [6.07, 6.45) is -3.68. The van der Waals surface area contributed by atoms with Crippen LogP contribution < -0.4 is 4.89 Å². The van der Waals surface area contributed by atoms with E-state index in [9.17, 15) is 14.6 Å². The Morgan fingerprint density at radius 1 is 1.37 bits per heavy atom. The molecule has 0 saturated carbocycles. The van der Waals surface area contributed by atoms with Gasteiger partial charge in [-0.3, -0.25) is 4.57 Å². The summed E-state index contributed by atoms with van der Waals surface area (Å²) < 4.78 is 45.7. The van der Waals surface area contributed by atoms with Crippen LogP contribution in [0.15, 0.2) is 0 Å². The molecule has 112 valence electrons. The Morgan fingerprint density at radius 3 is 2.68 bits per heavy atom. The number of phosphoric ester groups is 1. The van der Waals surface area contributed by atoms with Gasteiger partial charge in [-0.05, 0) is 6.42 Å². The zero-order chi connectivity index (χ0) is 15.6. The lowest BCUT2D eigenvalue weighted by Gasteiger charge is -2.29. The summed E-state index contributed by atoms with van der Waals surface area (Å²) in [5, 5.41) is 18.5. The molecule has 0 aromatic carbocycles. The highest BCUT2D eigenvalue weighted by atomic mass is 31.2. The van der Waals surface area contributed by atoms with Crippen LogP contribution in [0.5, 0.6) is 0 Å². The second-order valence-electron chi connectivity index (χ2n) is 4.29. The van der Waals surface area contributed by atoms with E-state index < -0.39 is 58.6 Å². The molecule has 0 amide bonds. The van der Waals surface area contributed by atoms with E-state index in [-0.39, 0.29) is 12.8 Å². The molecule has 0 radical (unpaired) electrons. The number of aliphatic hydroxyl groups is 2. The van der Waals surface area contributed by atoms with Crippen molar-refractivity contribution in [2.75, 3.05) is 26.4 Å². The number of phosphoric acid groups is 1. The van der Waals surface area contributed by atoms with Crippen molar-refractivity contribution < 1.29 is 40.9 Å². The lowest BCUT2D eigenvalue weighted by Crippen LogP contribution is -2.31. The van der Waals surface area contributed by atoms with Crippen LogP contribution in [0.25, 0.3) is 0 Å². The van der Waals surface area contributed by atoms with E-state index in [1.807, 2.05) is 0 Å². The molecule has 0 aromatic rings. The molecular formula is C10H18O8P-. The van der Waals surface area contributed by atoms with E-state index in [2.05, 4.69) is 4.52 Å². The van der Waals surface area contributed by atoms with Gasteiger partial charge in [0, 0.05) is 19.6 Å². The van der Waals surface area contributed by atoms with E-state index >= 15 is 0 Å². The van der Waals surface area contributed by atoms with E-state index in [4.69, 9.17) is 21.8 Å². The fraction of sp³-hybridized carbons (Fsp3) is 1.00. The largest absolute Gasteiger partial charge is 0.756 e. The molecule has 2 aliphatic heterocycles. The molecule has 2 N–H and O–H groups in total. The van der Waals surface area contributed by atoms with Gasteiger partial charge in [0.25, 0.3) is 7.82 Å². The van der Waals surface area contributed by atoms with Gasteiger partial charge in [-0.15, -0.1) is 0 Å². The van der Waals surface area contributed by atoms with Crippen LogP contribution in [0.4, 0.5) is 0 Å². The average molecular weight is 301 g/mol. The Morgan fingerprint density at radius 2 is 2.05 bits per heavy atom. The molecule has 2 saturated heterocycles. The van der Waals surface area contributed by atoms with Crippen LogP contribution in [0.2, 0.25) is 0 Å². The van der Waals surface area contributed by atoms with Crippen molar-refractivity contribution in [2.24, 2.45) is 0 Å². The van der Waals surface area contributed by atoms with Gasteiger partial charge in [0.15, 0.2) is 0 Å². The van der Waals surface area contributed by atoms with Gasteiger partial charge in [0.05, 0.1) is 28.2 Å². The molecule has 0 spiro atoms. The molecular weight excluding hydrogens is 279 g/mol. The predicted octanol–water partition coefficient (Wildman–Crippen LogP) is -1.21.